The van der Waals surface area contributed by atoms with Crippen LogP contribution in [0.3, 0.4) is 0 Å². The molecule has 68 valence electrons. The van der Waals surface area contributed by atoms with Gasteiger partial charge in [0.15, 0.2) is 0 Å². The van der Waals surface area contributed by atoms with Gasteiger partial charge in [0.25, 0.3) is 0 Å². The van der Waals surface area contributed by atoms with E-state index in [1.54, 1.807) is 11.3 Å². The molecule has 0 atom stereocenters. The van der Waals surface area contributed by atoms with Crippen molar-refractivity contribution in [2.45, 2.75) is 26.7 Å². The molecule has 2 aromatic rings. The Balaban J connectivity index is 2.73. The van der Waals surface area contributed by atoms with Crippen LogP contribution in [-0.4, -0.2) is 9.97 Å². The summed E-state index contributed by atoms with van der Waals surface area (Å²) in [4.78, 5) is 8.66. The maximum absolute atomic E-state index is 4.42. The molecule has 0 aliphatic rings. The molecule has 0 radical (unpaired) electrons. The van der Waals surface area contributed by atoms with Gasteiger partial charge in [-0.3, -0.25) is 4.98 Å². The quantitative estimate of drug-likeness (QED) is 0.693. The van der Waals surface area contributed by atoms with Crippen LogP contribution in [-0.2, 0) is 0 Å². The number of hydrogen-bond donors (Lipinski definition) is 0. The van der Waals surface area contributed by atoms with E-state index in [0.29, 0.717) is 5.92 Å². The second-order valence-corrected chi connectivity index (χ2v) is 4.34. The van der Waals surface area contributed by atoms with Gasteiger partial charge in [0, 0.05) is 5.69 Å². The Hall–Kier alpha value is -0.960. The van der Waals surface area contributed by atoms with Gasteiger partial charge >= 0.3 is 0 Å². The number of nitrogens with zero attached hydrogens (tertiary/aromatic N) is 2. The average molecular weight is 192 g/mol. The molecule has 0 saturated heterocycles. The largest absolute Gasteiger partial charge is 0.258 e. The molecule has 13 heavy (non-hydrogen) atoms. The minimum atomic E-state index is 0.492. The highest BCUT2D eigenvalue weighted by atomic mass is 32.1. The summed E-state index contributed by atoms with van der Waals surface area (Å²) < 4.78 is 1.28. The summed E-state index contributed by atoms with van der Waals surface area (Å²) in [6.45, 7) is 6.47. The Morgan fingerprint density at radius 1 is 1.31 bits per heavy atom. The molecule has 0 fully saturated rings. The minimum absolute atomic E-state index is 0.492. The van der Waals surface area contributed by atoms with Gasteiger partial charge in [-0.2, -0.15) is 0 Å². The molecule has 2 nitrogen and oxygen atoms in total. The van der Waals surface area contributed by atoms with E-state index in [1.807, 2.05) is 11.7 Å². The number of fused-ring (bicyclic) bond motifs is 1. The van der Waals surface area contributed by atoms with E-state index >= 15 is 0 Å². The van der Waals surface area contributed by atoms with Crippen LogP contribution >= 0.6 is 11.3 Å². The smallest absolute Gasteiger partial charge is 0.0997 e. The number of aryl methyl sites for hydroxylation is 1. The third kappa shape index (κ3) is 1.33. The fourth-order valence-corrected chi connectivity index (χ4v) is 2.33. The van der Waals surface area contributed by atoms with Crippen LogP contribution in [0, 0.1) is 6.92 Å². The lowest BCUT2D eigenvalue weighted by atomic mass is 10.1. The van der Waals surface area contributed by atoms with Crippen LogP contribution in [0.1, 0.15) is 31.0 Å². The first-order valence-electron chi connectivity index (χ1n) is 4.39. The molecule has 0 spiro atoms. The maximum atomic E-state index is 4.42. The maximum Gasteiger partial charge on any atom is 0.0997 e. The second kappa shape index (κ2) is 3.07. The number of pyridine rings is 1. The van der Waals surface area contributed by atoms with Crippen LogP contribution in [0.4, 0.5) is 0 Å². The van der Waals surface area contributed by atoms with Crippen molar-refractivity contribution in [3.05, 3.63) is 23.0 Å². The molecular formula is C10H12N2S. The van der Waals surface area contributed by atoms with E-state index in [-0.39, 0.29) is 0 Å². The summed E-state index contributed by atoms with van der Waals surface area (Å²) >= 11 is 1.69. The molecule has 0 aromatic carbocycles. The fraction of sp³-hybridized carbons (Fsp3) is 0.400. The van der Waals surface area contributed by atoms with Crippen molar-refractivity contribution in [3.63, 3.8) is 0 Å². The van der Waals surface area contributed by atoms with E-state index in [2.05, 4.69) is 30.7 Å². The Bertz CT molecular complexity index is 431. The average Bonchev–Trinajstić information content (AvgIpc) is 2.52. The SMILES string of the molecule is Cc1c(C(C)C)ncc2ncsc12. The summed E-state index contributed by atoms with van der Waals surface area (Å²) in [6, 6.07) is 0. The summed E-state index contributed by atoms with van der Waals surface area (Å²) in [5, 5.41) is 0. The van der Waals surface area contributed by atoms with Crippen molar-refractivity contribution in [1.29, 1.82) is 0 Å². The fourth-order valence-electron chi connectivity index (χ4n) is 1.55. The van der Waals surface area contributed by atoms with Crippen LogP contribution in [0.2, 0.25) is 0 Å². The molecule has 2 heterocycles. The summed E-state index contributed by atoms with van der Waals surface area (Å²) in [5.41, 5.74) is 5.38. The van der Waals surface area contributed by atoms with Gasteiger partial charge < -0.3 is 0 Å². The molecular weight excluding hydrogens is 180 g/mol. The third-order valence-electron chi connectivity index (χ3n) is 2.19. The predicted octanol–water partition coefficient (Wildman–Crippen LogP) is 3.12. The van der Waals surface area contributed by atoms with Crippen molar-refractivity contribution < 1.29 is 0 Å². The second-order valence-electron chi connectivity index (χ2n) is 3.49. The van der Waals surface area contributed by atoms with Crippen molar-refractivity contribution in [2.75, 3.05) is 0 Å². The van der Waals surface area contributed by atoms with Crippen LogP contribution in [0.15, 0.2) is 11.7 Å². The summed E-state index contributed by atoms with van der Waals surface area (Å²) in [6.07, 6.45) is 1.87. The first-order chi connectivity index (χ1) is 6.20. The van der Waals surface area contributed by atoms with Crippen LogP contribution in [0.5, 0.6) is 0 Å². The highest BCUT2D eigenvalue weighted by Crippen LogP contribution is 2.26. The van der Waals surface area contributed by atoms with E-state index in [4.69, 9.17) is 0 Å². The van der Waals surface area contributed by atoms with Crippen molar-refractivity contribution >= 4 is 21.6 Å². The highest BCUT2D eigenvalue weighted by Gasteiger charge is 2.09. The van der Waals surface area contributed by atoms with Gasteiger partial charge in [-0.05, 0) is 18.4 Å². The monoisotopic (exact) mass is 192 g/mol. The van der Waals surface area contributed by atoms with Gasteiger partial charge in [-0.1, -0.05) is 13.8 Å². The lowest BCUT2D eigenvalue weighted by Gasteiger charge is -2.07. The van der Waals surface area contributed by atoms with E-state index in [9.17, 15) is 0 Å². The van der Waals surface area contributed by atoms with Gasteiger partial charge in [0.1, 0.15) is 0 Å². The molecule has 0 aliphatic carbocycles. The zero-order valence-electron chi connectivity index (χ0n) is 8.03. The Labute approximate surface area is 81.7 Å². The molecule has 0 saturated carbocycles. The van der Waals surface area contributed by atoms with Crippen molar-refractivity contribution in [3.8, 4) is 0 Å². The molecule has 0 aliphatic heterocycles. The molecule has 0 unspecified atom stereocenters. The lowest BCUT2D eigenvalue weighted by Crippen LogP contribution is -1.95. The van der Waals surface area contributed by atoms with Gasteiger partial charge in [0.05, 0.1) is 21.9 Å². The Morgan fingerprint density at radius 3 is 2.77 bits per heavy atom. The van der Waals surface area contributed by atoms with E-state index < -0.39 is 0 Å². The van der Waals surface area contributed by atoms with E-state index in [1.165, 1.54) is 16.0 Å². The molecule has 0 N–H and O–H groups in total. The first-order valence-corrected chi connectivity index (χ1v) is 5.27. The summed E-state index contributed by atoms with van der Waals surface area (Å²) in [7, 11) is 0. The third-order valence-corrected chi connectivity index (χ3v) is 3.15. The topological polar surface area (TPSA) is 25.8 Å². The zero-order valence-corrected chi connectivity index (χ0v) is 8.85. The first kappa shape index (κ1) is 8.63. The number of aromatic nitrogens is 2. The standard InChI is InChI=1S/C10H12N2S/c1-6(2)9-7(3)10-8(4-11-9)12-5-13-10/h4-6H,1-3H3. The van der Waals surface area contributed by atoms with Crippen molar-refractivity contribution in [1.82, 2.24) is 9.97 Å². The van der Waals surface area contributed by atoms with Crippen LogP contribution < -0.4 is 0 Å². The van der Waals surface area contributed by atoms with Crippen LogP contribution in [0.25, 0.3) is 10.2 Å². The Kier molecular flexibility index (Phi) is 2.04. The highest BCUT2D eigenvalue weighted by molar-refractivity contribution is 7.16. The van der Waals surface area contributed by atoms with Gasteiger partial charge in [-0.15, -0.1) is 11.3 Å². The minimum Gasteiger partial charge on any atom is -0.258 e. The molecule has 0 amide bonds. The Morgan fingerprint density at radius 2 is 2.08 bits per heavy atom. The lowest BCUT2D eigenvalue weighted by molar-refractivity contribution is 0.816. The normalized spacial score (nSPS) is 11.4. The van der Waals surface area contributed by atoms with Gasteiger partial charge in [-0.25, -0.2) is 4.98 Å². The molecule has 2 rings (SSSR count). The zero-order chi connectivity index (χ0) is 9.42. The number of hydrogen-bond acceptors (Lipinski definition) is 3. The predicted molar refractivity (Wildman–Crippen MR) is 56.2 cm³/mol. The summed E-state index contributed by atoms with van der Waals surface area (Å²) in [5.74, 6) is 0.492. The van der Waals surface area contributed by atoms with Gasteiger partial charge in [0.2, 0.25) is 0 Å². The van der Waals surface area contributed by atoms with Crippen molar-refractivity contribution in [2.24, 2.45) is 0 Å². The number of thiazole rings is 1. The molecule has 2 aromatic heterocycles. The molecule has 0 bridgehead atoms. The number of rotatable bonds is 1. The van der Waals surface area contributed by atoms with E-state index in [0.717, 1.165) is 5.52 Å². The molecule has 3 heteroatoms.